The molecule has 2 heterocycles. The summed E-state index contributed by atoms with van der Waals surface area (Å²) in [6.07, 6.45) is 2.27. The molecule has 108 valence electrons. The van der Waals surface area contributed by atoms with E-state index in [9.17, 15) is 4.79 Å². The Morgan fingerprint density at radius 3 is 3.05 bits per heavy atom. The molecule has 2 aromatic rings. The van der Waals surface area contributed by atoms with Gasteiger partial charge in [0.1, 0.15) is 11.4 Å². The van der Waals surface area contributed by atoms with Crippen molar-refractivity contribution in [2.75, 3.05) is 18.6 Å². The fourth-order valence-corrected chi connectivity index (χ4v) is 2.42. The highest BCUT2D eigenvalue weighted by Gasteiger charge is 2.31. The van der Waals surface area contributed by atoms with E-state index in [0.29, 0.717) is 24.5 Å². The SMILES string of the molecule is C=CC1CC(=O)N(c2cc(-c3cccc(OC)c3)no2)C1. The highest BCUT2D eigenvalue weighted by molar-refractivity contribution is 5.95. The molecule has 0 spiro atoms. The summed E-state index contributed by atoms with van der Waals surface area (Å²) in [6, 6.07) is 9.32. The molecular weight excluding hydrogens is 268 g/mol. The third kappa shape index (κ3) is 2.54. The number of hydrogen-bond acceptors (Lipinski definition) is 4. The van der Waals surface area contributed by atoms with E-state index in [1.54, 1.807) is 24.2 Å². The number of amides is 1. The summed E-state index contributed by atoms with van der Waals surface area (Å²) in [5.41, 5.74) is 1.56. The van der Waals surface area contributed by atoms with Gasteiger partial charge in [-0.1, -0.05) is 23.4 Å². The lowest BCUT2D eigenvalue weighted by Crippen LogP contribution is -2.23. The Kier molecular flexibility index (Phi) is 3.48. The lowest BCUT2D eigenvalue weighted by atomic mass is 10.1. The largest absolute Gasteiger partial charge is 0.497 e. The Morgan fingerprint density at radius 2 is 2.33 bits per heavy atom. The molecule has 5 heteroatoms. The Labute approximate surface area is 122 Å². The van der Waals surface area contributed by atoms with Crippen LogP contribution in [0.1, 0.15) is 6.42 Å². The van der Waals surface area contributed by atoms with Gasteiger partial charge >= 0.3 is 0 Å². The van der Waals surface area contributed by atoms with E-state index in [4.69, 9.17) is 9.26 Å². The summed E-state index contributed by atoms with van der Waals surface area (Å²) in [7, 11) is 1.62. The van der Waals surface area contributed by atoms with Crippen molar-refractivity contribution in [1.29, 1.82) is 0 Å². The fourth-order valence-electron chi connectivity index (χ4n) is 2.42. The third-order valence-corrected chi connectivity index (χ3v) is 3.62. The van der Waals surface area contributed by atoms with E-state index < -0.39 is 0 Å². The molecule has 1 unspecified atom stereocenters. The third-order valence-electron chi connectivity index (χ3n) is 3.62. The van der Waals surface area contributed by atoms with E-state index >= 15 is 0 Å². The first-order chi connectivity index (χ1) is 10.2. The van der Waals surface area contributed by atoms with Gasteiger partial charge in [0.2, 0.25) is 11.8 Å². The number of benzene rings is 1. The van der Waals surface area contributed by atoms with Gasteiger partial charge in [-0.05, 0) is 12.1 Å². The lowest BCUT2D eigenvalue weighted by Gasteiger charge is -2.10. The molecule has 0 saturated carbocycles. The number of aromatic nitrogens is 1. The average Bonchev–Trinajstić information content (AvgIpc) is 3.13. The molecule has 1 aromatic heterocycles. The zero-order valence-electron chi connectivity index (χ0n) is 11.8. The standard InChI is InChI=1S/C16H16N2O3/c1-3-11-7-15(19)18(10-11)16-9-14(17-21-16)12-5-4-6-13(8-12)20-2/h3-6,8-9,11H,1,7,10H2,2H3. The second-order valence-electron chi connectivity index (χ2n) is 4.99. The number of methoxy groups -OCH3 is 1. The summed E-state index contributed by atoms with van der Waals surface area (Å²) < 4.78 is 10.5. The first kappa shape index (κ1) is 13.4. The molecule has 0 bridgehead atoms. The summed E-state index contributed by atoms with van der Waals surface area (Å²) in [4.78, 5) is 13.6. The van der Waals surface area contributed by atoms with E-state index in [0.717, 1.165) is 11.3 Å². The molecule has 1 aromatic carbocycles. The van der Waals surface area contributed by atoms with Crippen LogP contribution in [0.15, 0.2) is 47.5 Å². The predicted molar refractivity (Wildman–Crippen MR) is 79.1 cm³/mol. The number of carbonyl (C=O) groups is 1. The molecule has 1 aliphatic rings. The number of nitrogens with zero attached hydrogens (tertiary/aromatic N) is 2. The smallest absolute Gasteiger partial charge is 0.234 e. The number of rotatable bonds is 4. The van der Waals surface area contributed by atoms with Crippen LogP contribution in [0.25, 0.3) is 11.3 Å². The molecule has 1 amide bonds. The van der Waals surface area contributed by atoms with Crippen LogP contribution in [-0.2, 0) is 4.79 Å². The van der Waals surface area contributed by atoms with Crippen molar-refractivity contribution in [3.63, 3.8) is 0 Å². The summed E-state index contributed by atoms with van der Waals surface area (Å²) in [5.74, 6) is 1.43. The predicted octanol–water partition coefficient (Wildman–Crippen LogP) is 2.89. The van der Waals surface area contributed by atoms with Crippen molar-refractivity contribution in [2.45, 2.75) is 6.42 Å². The second kappa shape index (κ2) is 5.44. The minimum absolute atomic E-state index is 0.0354. The molecule has 1 fully saturated rings. The van der Waals surface area contributed by atoms with Crippen molar-refractivity contribution in [3.05, 3.63) is 43.0 Å². The Hall–Kier alpha value is -2.56. The van der Waals surface area contributed by atoms with Crippen LogP contribution in [-0.4, -0.2) is 24.7 Å². The lowest BCUT2D eigenvalue weighted by molar-refractivity contribution is -0.117. The first-order valence-corrected chi connectivity index (χ1v) is 6.75. The molecule has 21 heavy (non-hydrogen) atoms. The molecule has 0 aliphatic carbocycles. The van der Waals surface area contributed by atoms with Crippen molar-refractivity contribution in [1.82, 2.24) is 5.16 Å². The molecule has 5 nitrogen and oxygen atoms in total. The second-order valence-corrected chi connectivity index (χ2v) is 4.99. The van der Waals surface area contributed by atoms with Crippen LogP contribution in [0.5, 0.6) is 5.75 Å². The molecule has 0 radical (unpaired) electrons. The molecule has 0 N–H and O–H groups in total. The van der Waals surface area contributed by atoms with Gasteiger partial charge in [-0.15, -0.1) is 6.58 Å². The van der Waals surface area contributed by atoms with Crippen LogP contribution < -0.4 is 9.64 Å². The maximum absolute atomic E-state index is 12.0. The van der Waals surface area contributed by atoms with Crippen LogP contribution in [0, 0.1) is 5.92 Å². The Morgan fingerprint density at radius 1 is 1.48 bits per heavy atom. The normalized spacial score (nSPS) is 18.0. The minimum Gasteiger partial charge on any atom is -0.497 e. The van der Waals surface area contributed by atoms with Gasteiger partial charge in [0.05, 0.1) is 7.11 Å². The van der Waals surface area contributed by atoms with Gasteiger partial charge in [-0.25, -0.2) is 0 Å². The quantitative estimate of drug-likeness (QED) is 0.810. The molecule has 1 saturated heterocycles. The Bertz CT molecular complexity index is 678. The van der Waals surface area contributed by atoms with Gasteiger partial charge < -0.3 is 9.26 Å². The number of ether oxygens (including phenoxy) is 1. The fraction of sp³-hybridized carbons (Fsp3) is 0.250. The molecule has 3 rings (SSSR count). The van der Waals surface area contributed by atoms with Crippen molar-refractivity contribution >= 4 is 11.8 Å². The van der Waals surface area contributed by atoms with Gasteiger partial charge in [-0.2, -0.15) is 0 Å². The van der Waals surface area contributed by atoms with Crippen molar-refractivity contribution in [3.8, 4) is 17.0 Å². The van der Waals surface area contributed by atoms with Crippen LogP contribution in [0.3, 0.4) is 0 Å². The summed E-state index contributed by atoms with van der Waals surface area (Å²) in [6.45, 7) is 4.33. The molecule has 1 atom stereocenters. The topological polar surface area (TPSA) is 55.6 Å². The zero-order chi connectivity index (χ0) is 14.8. The van der Waals surface area contributed by atoms with Gasteiger partial charge in [0.25, 0.3) is 0 Å². The number of hydrogen-bond donors (Lipinski definition) is 0. The zero-order valence-corrected chi connectivity index (χ0v) is 11.8. The number of carbonyl (C=O) groups excluding carboxylic acids is 1. The summed E-state index contributed by atoms with van der Waals surface area (Å²) >= 11 is 0. The maximum atomic E-state index is 12.0. The number of anilines is 1. The van der Waals surface area contributed by atoms with Crippen molar-refractivity contribution in [2.24, 2.45) is 5.92 Å². The molecular formula is C16H16N2O3. The average molecular weight is 284 g/mol. The van der Waals surface area contributed by atoms with Gasteiger partial charge in [0.15, 0.2) is 0 Å². The van der Waals surface area contributed by atoms with Crippen LogP contribution in [0.2, 0.25) is 0 Å². The van der Waals surface area contributed by atoms with E-state index in [2.05, 4.69) is 11.7 Å². The maximum Gasteiger partial charge on any atom is 0.234 e. The van der Waals surface area contributed by atoms with Crippen LogP contribution in [0.4, 0.5) is 5.88 Å². The highest BCUT2D eigenvalue weighted by atomic mass is 16.5. The molecule has 1 aliphatic heterocycles. The van der Waals surface area contributed by atoms with E-state index in [1.807, 2.05) is 24.3 Å². The minimum atomic E-state index is 0.0354. The van der Waals surface area contributed by atoms with E-state index in [-0.39, 0.29) is 11.8 Å². The first-order valence-electron chi connectivity index (χ1n) is 6.75. The van der Waals surface area contributed by atoms with Gasteiger partial charge in [-0.3, -0.25) is 9.69 Å². The van der Waals surface area contributed by atoms with Crippen LogP contribution >= 0.6 is 0 Å². The Balaban J connectivity index is 1.86. The van der Waals surface area contributed by atoms with E-state index in [1.165, 1.54) is 0 Å². The van der Waals surface area contributed by atoms with Crippen molar-refractivity contribution < 1.29 is 14.1 Å². The summed E-state index contributed by atoms with van der Waals surface area (Å²) in [5, 5.41) is 4.04. The highest BCUT2D eigenvalue weighted by Crippen LogP contribution is 2.30. The monoisotopic (exact) mass is 284 g/mol. The van der Waals surface area contributed by atoms with Gasteiger partial charge in [0, 0.05) is 30.5 Å².